The maximum atomic E-state index is 11.0. The molecule has 1 amide bonds. The van der Waals surface area contributed by atoms with Gasteiger partial charge in [-0.15, -0.1) is 6.42 Å². The maximum Gasteiger partial charge on any atom is 0.238 e. The summed E-state index contributed by atoms with van der Waals surface area (Å²) in [6.07, 6.45) is 5.88. The average molecular weight is 189 g/mol. The van der Waals surface area contributed by atoms with Crippen molar-refractivity contribution in [2.75, 3.05) is 12.8 Å². The molecule has 0 aliphatic carbocycles. The molecule has 1 atom stereocenters. The number of hydrogen-bond donors (Lipinski definition) is 1. The first-order valence-electron chi connectivity index (χ1n) is 3.29. The van der Waals surface area contributed by atoms with Crippen molar-refractivity contribution >= 4 is 15.7 Å². The minimum absolute atomic E-state index is 0.0543. The van der Waals surface area contributed by atoms with E-state index < -0.39 is 21.0 Å². The maximum absolute atomic E-state index is 11.0. The van der Waals surface area contributed by atoms with Crippen molar-refractivity contribution in [3.63, 3.8) is 0 Å². The van der Waals surface area contributed by atoms with Crippen LogP contribution in [0.15, 0.2) is 0 Å². The Bertz CT molecular complexity index is 299. The van der Waals surface area contributed by atoms with E-state index in [9.17, 15) is 13.2 Å². The van der Waals surface area contributed by atoms with Crippen LogP contribution in [0.25, 0.3) is 0 Å². The molecule has 4 nitrogen and oxygen atoms in total. The largest absolute Gasteiger partial charge is 0.344 e. The number of rotatable bonds is 3. The molecule has 0 rings (SSSR count). The lowest BCUT2D eigenvalue weighted by Crippen LogP contribution is -2.37. The van der Waals surface area contributed by atoms with Gasteiger partial charge in [0.15, 0.2) is 9.84 Å². The van der Waals surface area contributed by atoms with Crippen LogP contribution in [0.4, 0.5) is 0 Å². The van der Waals surface area contributed by atoms with Crippen LogP contribution >= 0.6 is 0 Å². The topological polar surface area (TPSA) is 63.2 Å². The monoisotopic (exact) mass is 189 g/mol. The predicted octanol–water partition coefficient (Wildman–Crippen LogP) is -0.831. The fourth-order valence-electron chi connectivity index (χ4n) is 0.476. The van der Waals surface area contributed by atoms with Crippen molar-refractivity contribution in [3.8, 4) is 12.3 Å². The lowest BCUT2D eigenvalue weighted by Gasteiger charge is -2.07. The highest BCUT2D eigenvalue weighted by Gasteiger charge is 2.22. The average Bonchev–Trinajstić information content (AvgIpc) is 1.97. The Kier molecular flexibility index (Phi) is 3.77. The number of terminal acetylenes is 1. The van der Waals surface area contributed by atoms with E-state index in [-0.39, 0.29) is 6.54 Å². The molecule has 1 N–H and O–H groups in total. The van der Waals surface area contributed by atoms with Crippen LogP contribution in [-0.2, 0) is 14.6 Å². The number of sulfone groups is 1. The van der Waals surface area contributed by atoms with Gasteiger partial charge >= 0.3 is 0 Å². The summed E-state index contributed by atoms with van der Waals surface area (Å²) in [7, 11) is -3.31. The van der Waals surface area contributed by atoms with Crippen LogP contribution in [0, 0.1) is 12.3 Å². The lowest BCUT2D eigenvalue weighted by molar-refractivity contribution is -0.120. The first-order chi connectivity index (χ1) is 5.39. The molecule has 12 heavy (non-hydrogen) atoms. The van der Waals surface area contributed by atoms with Crippen LogP contribution in [0.5, 0.6) is 0 Å². The van der Waals surface area contributed by atoms with Crippen molar-refractivity contribution < 1.29 is 13.2 Å². The molecule has 0 aromatic heterocycles. The van der Waals surface area contributed by atoms with Crippen LogP contribution < -0.4 is 5.32 Å². The van der Waals surface area contributed by atoms with Crippen molar-refractivity contribution in [2.45, 2.75) is 12.2 Å². The highest BCUT2D eigenvalue weighted by Crippen LogP contribution is 1.96. The zero-order valence-electron chi connectivity index (χ0n) is 6.99. The third-order valence-corrected chi connectivity index (χ3v) is 2.87. The van der Waals surface area contributed by atoms with E-state index in [2.05, 4.69) is 11.2 Å². The van der Waals surface area contributed by atoms with E-state index in [0.717, 1.165) is 6.26 Å². The number of carbonyl (C=O) groups excluding carboxylic acids is 1. The molecule has 0 aliphatic heterocycles. The molecule has 0 aliphatic rings. The van der Waals surface area contributed by atoms with Crippen LogP contribution in [0.3, 0.4) is 0 Å². The smallest absolute Gasteiger partial charge is 0.238 e. The SMILES string of the molecule is C#CCNC(=O)C(C)S(C)(=O)=O. The zero-order valence-corrected chi connectivity index (χ0v) is 7.81. The summed E-state index contributed by atoms with van der Waals surface area (Å²) in [6.45, 7) is 1.37. The van der Waals surface area contributed by atoms with Crippen LogP contribution in [-0.4, -0.2) is 32.4 Å². The molecule has 68 valence electrons. The fourth-order valence-corrected chi connectivity index (χ4v) is 0.949. The molecule has 0 radical (unpaired) electrons. The van der Waals surface area contributed by atoms with Crippen molar-refractivity contribution in [3.05, 3.63) is 0 Å². The second kappa shape index (κ2) is 4.12. The fraction of sp³-hybridized carbons (Fsp3) is 0.571. The van der Waals surface area contributed by atoms with E-state index >= 15 is 0 Å². The van der Waals surface area contributed by atoms with Crippen LogP contribution in [0.1, 0.15) is 6.92 Å². The predicted molar refractivity (Wildman–Crippen MR) is 46.1 cm³/mol. The first-order valence-corrected chi connectivity index (χ1v) is 5.25. The summed E-state index contributed by atoms with van der Waals surface area (Å²) in [5.74, 6) is 1.62. The Labute approximate surface area is 72.3 Å². The van der Waals surface area contributed by atoms with E-state index in [1.54, 1.807) is 0 Å². The molecule has 1 unspecified atom stereocenters. The van der Waals surface area contributed by atoms with Gasteiger partial charge in [0.25, 0.3) is 0 Å². The van der Waals surface area contributed by atoms with Crippen molar-refractivity contribution in [1.29, 1.82) is 0 Å². The Morgan fingerprint density at radius 3 is 2.50 bits per heavy atom. The zero-order chi connectivity index (χ0) is 9.78. The number of amides is 1. The number of hydrogen-bond acceptors (Lipinski definition) is 3. The van der Waals surface area contributed by atoms with Gasteiger partial charge in [-0.3, -0.25) is 4.79 Å². The summed E-state index contributed by atoms with van der Waals surface area (Å²) >= 11 is 0. The van der Waals surface area contributed by atoms with Crippen molar-refractivity contribution in [2.24, 2.45) is 0 Å². The third-order valence-electron chi connectivity index (χ3n) is 1.38. The second-order valence-corrected chi connectivity index (χ2v) is 4.76. The quantitative estimate of drug-likeness (QED) is 0.589. The molecule has 0 aromatic rings. The van der Waals surface area contributed by atoms with Gasteiger partial charge in [-0.25, -0.2) is 8.42 Å². The number of carbonyl (C=O) groups is 1. The molecular weight excluding hydrogens is 178 g/mol. The Morgan fingerprint density at radius 2 is 2.17 bits per heavy atom. The summed E-state index contributed by atoms with van der Waals surface area (Å²) in [5.41, 5.74) is 0. The van der Waals surface area contributed by atoms with Gasteiger partial charge in [0.1, 0.15) is 5.25 Å². The van der Waals surface area contributed by atoms with Gasteiger partial charge in [-0.2, -0.15) is 0 Å². The van der Waals surface area contributed by atoms with Gasteiger partial charge in [0, 0.05) is 6.26 Å². The standard InChI is InChI=1S/C7H11NO3S/c1-4-5-8-7(9)6(2)12(3,10)11/h1,6H,5H2,2-3H3,(H,8,9). The molecule has 0 aromatic carbocycles. The summed E-state index contributed by atoms with van der Waals surface area (Å²) in [6, 6.07) is 0. The molecule has 0 saturated heterocycles. The van der Waals surface area contributed by atoms with Gasteiger partial charge in [0.05, 0.1) is 6.54 Å². The Balaban J connectivity index is 4.24. The summed E-state index contributed by atoms with van der Waals surface area (Å²) < 4.78 is 21.6. The molecule has 0 bridgehead atoms. The Morgan fingerprint density at radius 1 is 1.67 bits per heavy atom. The summed E-state index contributed by atoms with van der Waals surface area (Å²) in [4.78, 5) is 11.0. The van der Waals surface area contributed by atoms with Gasteiger partial charge in [-0.05, 0) is 6.92 Å². The van der Waals surface area contributed by atoms with E-state index in [1.165, 1.54) is 6.92 Å². The normalized spacial score (nSPS) is 13.1. The molecule has 0 saturated carbocycles. The van der Waals surface area contributed by atoms with Gasteiger partial charge < -0.3 is 5.32 Å². The number of nitrogens with one attached hydrogen (secondary N) is 1. The van der Waals surface area contributed by atoms with Gasteiger partial charge in [-0.1, -0.05) is 5.92 Å². The molecule has 0 fully saturated rings. The van der Waals surface area contributed by atoms with Crippen LogP contribution in [0.2, 0.25) is 0 Å². The van der Waals surface area contributed by atoms with E-state index in [1.807, 2.05) is 0 Å². The lowest BCUT2D eigenvalue weighted by atomic mass is 10.4. The second-order valence-electron chi connectivity index (χ2n) is 2.39. The highest BCUT2D eigenvalue weighted by molar-refractivity contribution is 7.92. The van der Waals surface area contributed by atoms with Gasteiger partial charge in [0.2, 0.25) is 5.91 Å². The molecular formula is C7H11NO3S. The molecule has 5 heteroatoms. The molecule has 0 spiro atoms. The molecule has 0 heterocycles. The van der Waals surface area contributed by atoms with Crippen molar-refractivity contribution in [1.82, 2.24) is 5.32 Å². The highest BCUT2D eigenvalue weighted by atomic mass is 32.2. The van der Waals surface area contributed by atoms with E-state index in [4.69, 9.17) is 6.42 Å². The minimum Gasteiger partial charge on any atom is -0.344 e. The minimum atomic E-state index is -3.31. The Hall–Kier alpha value is -1.02. The summed E-state index contributed by atoms with van der Waals surface area (Å²) in [5, 5.41) is 1.25. The first kappa shape index (κ1) is 11.0. The van der Waals surface area contributed by atoms with E-state index in [0.29, 0.717) is 0 Å². The third kappa shape index (κ3) is 3.39.